The molecule has 0 aromatic carbocycles. The van der Waals surface area contributed by atoms with Gasteiger partial charge in [0.1, 0.15) is 0 Å². The van der Waals surface area contributed by atoms with E-state index in [0.29, 0.717) is 0 Å². The Morgan fingerprint density at radius 1 is 1.32 bits per heavy atom. The number of nitrogens with zero attached hydrogens (tertiary/aromatic N) is 2. The molecule has 2 atom stereocenters. The highest BCUT2D eigenvalue weighted by atomic mass is 32.1. The standard InChI is InChI=1S/C15H21N3S/c1-12(16)15(14-6-10-19-11-14)18(2)9-5-13-3-7-17-8-4-13/h3-4,6-8,10-12,15H,5,9,16H2,1-2H3. The van der Waals surface area contributed by atoms with E-state index < -0.39 is 0 Å². The third kappa shape index (κ3) is 3.86. The number of pyridine rings is 1. The Morgan fingerprint density at radius 2 is 2.05 bits per heavy atom. The second-order valence-corrected chi connectivity index (χ2v) is 5.73. The SMILES string of the molecule is CC(N)C(c1ccsc1)N(C)CCc1ccncc1. The highest BCUT2D eigenvalue weighted by molar-refractivity contribution is 7.07. The van der Waals surface area contributed by atoms with Crippen LogP contribution in [-0.4, -0.2) is 29.5 Å². The van der Waals surface area contributed by atoms with Gasteiger partial charge in [-0.25, -0.2) is 0 Å². The molecule has 0 radical (unpaired) electrons. The number of hydrogen-bond acceptors (Lipinski definition) is 4. The molecule has 0 fully saturated rings. The molecule has 2 heterocycles. The Hall–Kier alpha value is -1.23. The average Bonchev–Trinajstić information content (AvgIpc) is 2.91. The molecule has 4 heteroatoms. The maximum absolute atomic E-state index is 6.15. The number of thiophene rings is 1. The summed E-state index contributed by atoms with van der Waals surface area (Å²) in [5.74, 6) is 0. The van der Waals surface area contributed by atoms with Crippen molar-refractivity contribution in [3.05, 3.63) is 52.5 Å². The van der Waals surface area contributed by atoms with Gasteiger partial charge in [0, 0.05) is 25.0 Å². The van der Waals surface area contributed by atoms with Crippen LogP contribution in [0, 0.1) is 0 Å². The first-order chi connectivity index (χ1) is 9.18. The van der Waals surface area contributed by atoms with Crippen LogP contribution in [0.2, 0.25) is 0 Å². The Balaban J connectivity index is 1.99. The van der Waals surface area contributed by atoms with E-state index in [9.17, 15) is 0 Å². The molecule has 2 aromatic rings. The first-order valence-electron chi connectivity index (χ1n) is 6.55. The molecule has 2 rings (SSSR count). The molecule has 2 aromatic heterocycles. The van der Waals surface area contributed by atoms with Crippen molar-refractivity contribution in [3.63, 3.8) is 0 Å². The summed E-state index contributed by atoms with van der Waals surface area (Å²) >= 11 is 1.73. The fraction of sp³-hybridized carbons (Fsp3) is 0.400. The monoisotopic (exact) mass is 275 g/mol. The fourth-order valence-corrected chi connectivity index (χ4v) is 3.09. The molecule has 0 aliphatic rings. The lowest BCUT2D eigenvalue weighted by Gasteiger charge is -2.30. The van der Waals surface area contributed by atoms with Gasteiger partial charge in [-0.1, -0.05) is 0 Å². The summed E-state index contributed by atoms with van der Waals surface area (Å²) in [7, 11) is 2.15. The normalized spacial score (nSPS) is 14.5. The molecule has 0 amide bonds. The van der Waals surface area contributed by atoms with Crippen molar-refractivity contribution < 1.29 is 0 Å². The zero-order valence-corrected chi connectivity index (χ0v) is 12.3. The first-order valence-corrected chi connectivity index (χ1v) is 7.49. The van der Waals surface area contributed by atoms with Gasteiger partial charge in [-0.05, 0) is 60.5 Å². The predicted molar refractivity (Wildman–Crippen MR) is 81.3 cm³/mol. The Morgan fingerprint density at radius 3 is 2.63 bits per heavy atom. The summed E-state index contributed by atoms with van der Waals surface area (Å²) in [6.45, 7) is 3.07. The van der Waals surface area contributed by atoms with Gasteiger partial charge in [0.15, 0.2) is 0 Å². The predicted octanol–water partition coefficient (Wildman–Crippen LogP) is 2.71. The van der Waals surface area contributed by atoms with E-state index in [1.165, 1.54) is 11.1 Å². The van der Waals surface area contributed by atoms with Crippen molar-refractivity contribution in [2.24, 2.45) is 5.73 Å². The topological polar surface area (TPSA) is 42.1 Å². The summed E-state index contributed by atoms with van der Waals surface area (Å²) in [5, 5.41) is 4.30. The van der Waals surface area contributed by atoms with E-state index in [4.69, 9.17) is 5.73 Å². The van der Waals surface area contributed by atoms with Crippen LogP contribution in [-0.2, 0) is 6.42 Å². The lowest BCUT2D eigenvalue weighted by atomic mass is 10.0. The molecule has 0 aliphatic carbocycles. The van der Waals surface area contributed by atoms with Gasteiger partial charge in [-0.2, -0.15) is 11.3 Å². The van der Waals surface area contributed by atoms with E-state index in [0.717, 1.165) is 13.0 Å². The third-order valence-corrected chi connectivity index (χ3v) is 4.06. The lowest BCUT2D eigenvalue weighted by Crippen LogP contribution is -2.38. The number of likely N-dealkylation sites (N-methyl/N-ethyl adjacent to an activating group) is 1. The third-order valence-electron chi connectivity index (χ3n) is 3.36. The van der Waals surface area contributed by atoms with E-state index >= 15 is 0 Å². The first kappa shape index (κ1) is 14.2. The van der Waals surface area contributed by atoms with Crippen molar-refractivity contribution in [1.29, 1.82) is 0 Å². The van der Waals surface area contributed by atoms with Gasteiger partial charge in [0.25, 0.3) is 0 Å². The van der Waals surface area contributed by atoms with Crippen molar-refractivity contribution >= 4 is 11.3 Å². The van der Waals surface area contributed by atoms with Crippen LogP contribution in [0.25, 0.3) is 0 Å². The molecular weight excluding hydrogens is 254 g/mol. The van der Waals surface area contributed by atoms with Crippen LogP contribution in [0.4, 0.5) is 0 Å². The molecule has 0 saturated heterocycles. The molecule has 2 N–H and O–H groups in total. The maximum atomic E-state index is 6.15. The number of hydrogen-bond donors (Lipinski definition) is 1. The smallest absolute Gasteiger partial charge is 0.0501 e. The minimum absolute atomic E-state index is 0.122. The van der Waals surface area contributed by atoms with Crippen LogP contribution >= 0.6 is 11.3 Å². The molecule has 102 valence electrons. The van der Waals surface area contributed by atoms with E-state index in [-0.39, 0.29) is 12.1 Å². The fourth-order valence-electron chi connectivity index (χ4n) is 2.40. The lowest BCUT2D eigenvalue weighted by molar-refractivity contribution is 0.222. The van der Waals surface area contributed by atoms with Gasteiger partial charge >= 0.3 is 0 Å². The van der Waals surface area contributed by atoms with E-state index in [1.54, 1.807) is 11.3 Å². The number of aromatic nitrogens is 1. The minimum Gasteiger partial charge on any atom is -0.326 e. The van der Waals surface area contributed by atoms with E-state index in [2.05, 4.69) is 52.8 Å². The van der Waals surface area contributed by atoms with Crippen LogP contribution in [0.15, 0.2) is 41.4 Å². The maximum Gasteiger partial charge on any atom is 0.0501 e. The second kappa shape index (κ2) is 6.80. The average molecular weight is 275 g/mol. The van der Waals surface area contributed by atoms with E-state index in [1.807, 2.05) is 12.4 Å². The Labute approximate surface area is 119 Å². The zero-order chi connectivity index (χ0) is 13.7. The highest BCUT2D eigenvalue weighted by Crippen LogP contribution is 2.24. The van der Waals surface area contributed by atoms with Crippen LogP contribution in [0.3, 0.4) is 0 Å². The highest BCUT2D eigenvalue weighted by Gasteiger charge is 2.21. The van der Waals surface area contributed by atoms with Crippen molar-refractivity contribution in [1.82, 2.24) is 9.88 Å². The minimum atomic E-state index is 0.122. The molecule has 0 saturated carbocycles. The molecule has 2 unspecified atom stereocenters. The largest absolute Gasteiger partial charge is 0.326 e. The molecule has 0 spiro atoms. The number of nitrogens with two attached hydrogens (primary N) is 1. The van der Waals surface area contributed by atoms with Crippen molar-refractivity contribution in [3.8, 4) is 0 Å². The summed E-state index contributed by atoms with van der Waals surface area (Å²) in [5.41, 5.74) is 8.78. The molecule has 3 nitrogen and oxygen atoms in total. The van der Waals surface area contributed by atoms with Gasteiger partial charge in [-0.15, -0.1) is 0 Å². The summed E-state index contributed by atoms with van der Waals surface area (Å²) in [6, 6.07) is 6.71. The molecule has 0 aliphatic heterocycles. The second-order valence-electron chi connectivity index (χ2n) is 4.95. The van der Waals surface area contributed by atoms with Gasteiger partial charge < -0.3 is 5.73 Å². The van der Waals surface area contributed by atoms with Crippen LogP contribution in [0.1, 0.15) is 24.1 Å². The molecule has 19 heavy (non-hydrogen) atoms. The van der Waals surface area contributed by atoms with Crippen molar-refractivity contribution in [2.45, 2.75) is 25.4 Å². The summed E-state index contributed by atoms with van der Waals surface area (Å²) < 4.78 is 0. The summed E-state index contributed by atoms with van der Waals surface area (Å²) in [6.07, 6.45) is 4.71. The van der Waals surface area contributed by atoms with Gasteiger partial charge in [-0.3, -0.25) is 9.88 Å². The zero-order valence-electron chi connectivity index (χ0n) is 11.5. The summed E-state index contributed by atoms with van der Waals surface area (Å²) in [4.78, 5) is 6.38. The Kier molecular flexibility index (Phi) is 5.07. The Bertz CT molecular complexity index is 467. The molecular formula is C15H21N3S. The van der Waals surface area contributed by atoms with Crippen molar-refractivity contribution in [2.75, 3.05) is 13.6 Å². The van der Waals surface area contributed by atoms with Crippen LogP contribution in [0.5, 0.6) is 0 Å². The van der Waals surface area contributed by atoms with Crippen LogP contribution < -0.4 is 5.73 Å². The number of rotatable bonds is 6. The van der Waals surface area contributed by atoms with Gasteiger partial charge in [0.05, 0.1) is 6.04 Å². The quantitative estimate of drug-likeness (QED) is 0.881. The molecule has 0 bridgehead atoms. The van der Waals surface area contributed by atoms with Gasteiger partial charge in [0.2, 0.25) is 0 Å².